The van der Waals surface area contributed by atoms with Crippen LogP contribution in [0.2, 0.25) is 6.82 Å². The Kier molecular flexibility index (Phi) is 6.18. The van der Waals surface area contributed by atoms with E-state index in [0.717, 1.165) is 0 Å². The molecule has 0 heterocycles. The van der Waals surface area contributed by atoms with Gasteiger partial charge in [0, 0.05) is 0 Å². The summed E-state index contributed by atoms with van der Waals surface area (Å²) in [5.41, 5.74) is 0. The maximum atomic E-state index is 3.82. The van der Waals surface area contributed by atoms with E-state index in [9.17, 15) is 0 Å². The molecule has 0 spiro atoms. The third kappa shape index (κ3) is 4.61. The zero-order chi connectivity index (χ0) is 4.83. The van der Waals surface area contributed by atoms with Crippen LogP contribution in [0, 0.1) is 0 Å². The van der Waals surface area contributed by atoms with Crippen LogP contribution in [0.3, 0.4) is 0 Å². The van der Waals surface area contributed by atoms with Crippen LogP contribution in [0.4, 0.5) is 0 Å². The maximum absolute atomic E-state index is 3.82. The first-order valence-electron chi connectivity index (χ1n) is 1.84. The molecular formula is CH4B4S. The molecule has 0 aromatic carbocycles. The van der Waals surface area contributed by atoms with Gasteiger partial charge in [0.15, 0.2) is 0 Å². The molecule has 0 rings (SSSR count). The molecular weight excluding hydrogens is 87.3 g/mol. The molecule has 6 heavy (non-hydrogen) atoms. The molecule has 26 valence electrons. The first kappa shape index (κ1) is 6.61. The average molecular weight is 91.4 g/mol. The van der Waals surface area contributed by atoms with Gasteiger partial charge in [0.25, 0.3) is 0 Å². The molecule has 0 bridgehead atoms. The molecule has 0 aromatic rings. The average Bonchev–Trinajstić information content (AvgIpc) is 1.61. The Hall–Kier alpha value is 0.610. The summed E-state index contributed by atoms with van der Waals surface area (Å²) in [4.78, 5) is 0. The fraction of sp³-hybridized carbons (Fsp3) is 1.00. The summed E-state index contributed by atoms with van der Waals surface area (Å²) < 4.78 is 0. The Morgan fingerprint density at radius 2 is 2.00 bits per heavy atom. The molecule has 0 aliphatic heterocycles. The van der Waals surface area contributed by atoms with Crippen LogP contribution in [-0.2, 0) is 0 Å². The third-order valence-electron chi connectivity index (χ3n) is 0.390. The van der Waals surface area contributed by atoms with Crippen LogP contribution in [0.25, 0.3) is 0 Å². The zero-order valence-corrected chi connectivity index (χ0v) is 4.65. The molecule has 5 heteroatoms. The van der Waals surface area contributed by atoms with Crippen molar-refractivity contribution in [2.45, 2.75) is 6.82 Å². The number of hydrogen-bond acceptors (Lipinski definition) is 1. The Balaban J connectivity index is 3.07. The molecule has 0 nitrogen and oxygen atoms in total. The quantitative estimate of drug-likeness (QED) is 0.325. The van der Waals surface area contributed by atoms with Crippen molar-refractivity contribution in [1.82, 2.24) is 0 Å². The predicted octanol–water partition coefficient (Wildman–Crippen LogP) is -0.559. The zero-order valence-electron chi connectivity index (χ0n) is 3.76. The van der Waals surface area contributed by atoms with Crippen molar-refractivity contribution in [3.05, 3.63) is 0 Å². The molecule has 0 atom stereocenters. The normalized spacial score (nSPS) is 6.33. The van der Waals surface area contributed by atoms with Gasteiger partial charge in [0.05, 0.1) is 0 Å². The SMILES string of the molecule is CB=BB=BS. The van der Waals surface area contributed by atoms with E-state index >= 15 is 0 Å². The Labute approximate surface area is 46.2 Å². The van der Waals surface area contributed by atoms with Crippen molar-refractivity contribution < 1.29 is 0 Å². The first-order chi connectivity index (χ1) is 2.91. The number of hydrogen-bond donors (Lipinski definition) is 1. The van der Waals surface area contributed by atoms with Crippen molar-refractivity contribution in [3.8, 4) is 0 Å². The summed E-state index contributed by atoms with van der Waals surface area (Å²) in [5, 5.41) is 0. The third-order valence-corrected chi connectivity index (χ3v) is 0.562. The molecule has 0 aliphatic carbocycles. The van der Waals surface area contributed by atoms with Gasteiger partial charge in [-0.25, -0.2) is 0 Å². The van der Waals surface area contributed by atoms with E-state index in [4.69, 9.17) is 0 Å². The van der Waals surface area contributed by atoms with Crippen LogP contribution in [0.15, 0.2) is 0 Å². The minimum absolute atomic E-state index is 1.69. The molecule has 0 N–H and O–H groups in total. The summed E-state index contributed by atoms with van der Waals surface area (Å²) in [6, 6.07) is 0. The summed E-state index contributed by atoms with van der Waals surface area (Å²) in [7, 11) is 0. The monoisotopic (exact) mass is 92.0 g/mol. The van der Waals surface area contributed by atoms with E-state index in [0.29, 0.717) is 0 Å². The fourth-order valence-electron chi connectivity index (χ4n) is 0.161. The van der Waals surface area contributed by atoms with Gasteiger partial charge in [-0.05, 0) is 0 Å². The van der Waals surface area contributed by atoms with E-state index in [2.05, 4.69) is 12.5 Å². The minimum atomic E-state index is 1.69. The standard InChI is InChI=1S/CH4B4S/c1-2-3-4-5-6/h6H,1H3. The Bertz CT molecular complexity index is 55.9. The van der Waals surface area contributed by atoms with Gasteiger partial charge < -0.3 is 0 Å². The molecule has 0 unspecified atom stereocenters. The molecule has 0 amide bonds. The topological polar surface area (TPSA) is 0 Å². The van der Waals surface area contributed by atoms with E-state index < -0.39 is 0 Å². The van der Waals surface area contributed by atoms with E-state index in [1.165, 1.54) is 0 Å². The number of thiol groups is 1. The van der Waals surface area contributed by atoms with E-state index in [1.807, 2.05) is 27.0 Å². The second-order valence-electron chi connectivity index (χ2n) is 0.867. The van der Waals surface area contributed by atoms with Crippen molar-refractivity contribution in [1.29, 1.82) is 0 Å². The van der Waals surface area contributed by atoms with Gasteiger partial charge in [-0.3, -0.25) is 0 Å². The molecule has 0 saturated carbocycles. The second kappa shape index (κ2) is 5.61. The van der Waals surface area contributed by atoms with Crippen LogP contribution in [-0.4, -0.2) is 26.3 Å². The molecule has 0 aliphatic rings. The molecule has 0 aromatic heterocycles. The van der Waals surface area contributed by atoms with Gasteiger partial charge in [0.2, 0.25) is 0 Å². The summed E-state index contributed by atoms with van der Waals surface area (Å²) in [6.07, 6.45) is 1.69. The van der Waals surface area contributed by atoms with Crippen molar-refractivity contribution in [2.75, 3.05) is 0 Å². The molecule has 0 radical (unpaired) electrons. The summed E-state index contributed by atoms with van der Waals surface area (Å²) in [5.74, 6) is 0. The van der Waals surface area contributed by atoms with Gasteiger partial charge in [-0.1, -0.05) is 0 Å². The van der Waals surface area contributed by atoms with E-state index in [1.54, 1.807) is 6.08 Å². The Morgan fingerprint density at radius 1 is 1.33 bits per heavy atom. The molecule has 0 fully saturated rings. The van der Waals surface area contributed by atoms with Gasteiger partial charge in [-0.2, -0.15) is 0 Å². The predicted molar refractivity (Wildman–Crippen MR) is 37.9 cm³/mol. The van der Waals surface area contributed by atoms with Gasteiger partial charge in [-0.15, -0.1) is 0 Å². The van der Waals surface area contributed by atoms with Crippen LogP contribution in [0.1, 0.15) is 0 Å². The van der Waals surface area contributed by atoms with Gasteiger partial charge in [0.1, 0.15) is 0 Å². The molecule has 0 saturated heterocycles. The van der Waals surface area contributed by atoms with Crippen molar-refractivity contribution in [2.24, 2.45) is 0 Å². The fourth-order valence-corrected chi connectivity index (χ4v) is 0.260. The second-order valence-corrected chi connectivity index (χ2v) is 1.17. The first-order valence-corrected chi connectivity index (χ1v) is 2.35. The number of rotatable bonds is 1. The van der Waals surface area contributed by atoms with Crippen LogP contribution >= 0.6 is 12.5 Å². The van der Waals surface area contributed by atoms with Crippen LogP contribution < -0.4 is 0 Å². The summed E-state index contributed by atoms with van der Waals surface area (Å²) in [6.45, 7) is 7.70. The van der Waals surface area contributed by atoms with Gasteiger partial charge >= 0.3 is 45.6 Å². The Morgan fingerprint density at radius 3 is 2.17 bits per heavy atom. The van der Waals surface area contributed by atoms with Crippen molar-refractivity contribution >= 4 is 38.7 Å². The van der Waals surface area contributed by atoms with Crippen molar-refractivity contribution in [3.63, 3.8) is 0 Å². The van der Waals surface area contributed by atoms with Crippen LogP contribution in [0.5, 0.6) is 0 Å². The van der Waals surface area contributed by atoms with E-state index in [-0.39, 0.29) is 0 Å². The summed E-state index contributed by atoms with van der Waals surface area (Å²) >= 11 is 3.82.